The fourth-order valence-electron chi connectivity index (χ4n) is 1.65. The highest BCUT2D eigenvalue weighted by atomic mass is 32.2. The van der Waals surface area contributed by atoms with E-state index in [-0.39, 0.29) is 5.41 Å². The molecule has 1 heterocycles. The second-order valence-corrected chi connectivity index (χ2v) is 4.71. The van der Waals surface area contributed by atoms with Crippen LogP contribution in [0.2, 0.25) is 0 Å². The van der Waals surface area contributed by atoms with Crippen LogP contribution in [0, 0.1) is 16.7 Å². The summed E-state index contributed by atoms with van der Waals surface area (Å²) in [5, 5.41) is 8.94. The van der Waals surface area contributed by atoms with Gasteiger partial charge in [-0.2, -0.15) is 5.26 Å². The lowest BCUT2D eigenvalue weighted by molar-refractivity contribution is 0.566. The predicted octanol–water partition coefficient (Wildman–Crippen LogP) is 2.87. The average molecular weight is 177 g/mol. The van der Waals surface area contributed by atoms with Gasteiger partial charge in [0.2, 0.25) is 0 Å². The molecule has 2 aliphatic rings. The second kappa shape index (κ2) is 2.67. The van der Waals surface area contributed by atoms with Crippen molar-refractivity contribution in [2.45, 2.75) is 19.8 Å². The third-order valence-corrected chi connectivity index (χ3v) is 3.55. The van der Waals surface area contributed by atoms with Crippen LogP contribution in [-0.2, 0) is 0 Å². The SMILES string of the molecule is CC1(C#N)C=C2CCSC2=CC1. The summed E-state index contributed by atoms with van der Waals surface area (Å²) >= 11 is 1.92. The smallest absolute Gasteiger partial charge is 0.0766 e. The van der Waals surface area contributed by atoms with E-state index in [0.717, 1.165) is 12.8 Å². The van der Waals surface area contributed by atoms with Crippen LogP contribution in [0.25, 0.3) is 0 Å². The molecule has 1 nitrogen and oxygen atoms in total. The summed E-state index contributed by atoms with van der Waals surface area (Å²) < 4.78 is 0. The van der Waals surface area contributed by atoms with Crippen molar-refractivity contribution < 1.29 is 0 Å². The first-order valence-electron chi connectivity index (χ1n) is 4.20. The molecule has 12 heavy (non-hydrogen) atoms. The van der Waals surface area contributed by atoms with Crippen molar-refractivity contribution in [3.63, 3.8) is 0 Å². The van der Waals surface area contributed by atoms with Crippen molar-refractivity contribution in [3.8, 4) is 6.07 Å². The molecule has 62 valence electrons. The number of allylic oxidation sites excluding steroid dienone is 3. The fraction of sp³-hybridized carbons (Fsp3) is 0.500. The average Bonchev–Trinajstić information content (AvgIpc) is 2.51. The first kappa shape index (κ1) is 7.94. The van der Waals surface area contributed by atoms with Crippen LogP contribution in [0.5, 0.6) is 0 Å². The summed E-state index contributed by atoms with van der Waals surface area (Å²) in [4.78, 5) is 1.42. The summed E-state index contributed by atoms with van der Waals surface area (Å²) in [5.41, 5.74) is 1.17. The standard InChI is InChI=1S/C10H11NS/c1-10(7-11)4-2-9-8(6-10)3-5-12-9/h2,6H,3-5H2,1H3. The third kappa shape index (κ3) is 1.19. The van der Waals surface area contributed by atoms with Gasteiger partial charge in [-0.15, -0.1) is 11.8 Å². The number of rotatable bonds is 0. The zero-order chi connectivity index (χ0) is 8.60. The van der Waals surface area contributed by atoms with Crippen LogP contribution in [0.4, 0.5) is 0 Å². The number of fused-ring (bicyclic) bond motifs is 1. The minimum Gasteiger partial charge on any atom is -0.197 e. The number of hydrogen-bond donors (Lipinski definition) is 0. The summed E-state index contributed by atoms with van der Waals surface area (Å²) in [5.74, 6) is 1.19. The molecule has 2 heteroatoms. The molecule has 1 aliphatic carbocycles. The van der Waals surface area contributed by atoms with Gasteiger partial charge in [-0.3, -0.25) is 0 Å². The zero-order valence-corrected chi connectivity index (χ0v) is 7.95. The highest BCUT2D eigenvalue weighted by Gasteiger charge is 2.28. The molecule has 0 amide bonds. The molecule has 0 N–H and O–H groups in total. The summed E-state index contributed by atoms with van der Waals surface area (Å²) in [6.07, 6.45) is 6.40. The number of nitriles is 1. The molecule has 1 fully saturated rings. The molecule has 1 aliphatic heterocycles. The van der Waals surface area contributed by atoms with E-state index in [1.54, 1.807) is 0 Å². The minimum atomic E-state index is -0.232. The maximum absolute atomic E-state index is 8.94. The van der Waals surface area contributed by atoms with E-state index in [2.05, 4.69) is 18.2 Å². The Hall–Kier alpha value is -0.680. The number of thioether (sulfide) groups is 1. The van der Waals surface area contributed by atoms with Gasteiger partial charge in [0.1, 0.15) is 0 Å². The third-order valence-electron chi connectivity index (χ3n) is 2.41. The Morgan fingerprint density at radius 1 is 1.67 bits per heavy atom. The maximum atomic E-state index is 8.94. The highest BCUT2D eigenvalue weighted by molar-refractivity contribution is 8.03. The Bertz CT molecular complexity index is 308. The van der Waals surface area contributed by atoms with Gasteiger partial charge in [0, 0.05) is 10.7 Å². The molecule has 0 aromatic rings. The Morgan fingerprint density at radius 2 is 2.50 bits per heavy atom. The molecule has 0 bridgehead atoms. The number of nitrogens with zero attached hydrogens (tertiary/aromatic N) is 1. The Kier molecular flexibility index (Phi) is 1.77. The van der Waals surface area contributed by atoms with Gasteiger partial charge in [-0.25, -0.2) is 0 Å². The van der Waals surface area contributed by atoms with Gasteiger partial charge in [0.15, 0.2) is 0 Å². The van der Waals surface area contributed by atoms with Gasteiger partial charge in [0.25, 0.3) is 0 Å². The largest absolute Gasteiger partial charge is 0.197 e. The maximum Gasteiger partial charge on any atom is 0.0766 e. The molecule has 0 radical (unpaired) electrons. The molecular formula is C10H11NS. The van der Waals surface area contributed by atoms with Crippen molar-refractivity contribution in [1.29, 1.82) is 5.26 Å². The topological polar surface area (TPSA) is 23.8 Å². The molecule has 0 saturated carbocycles. The molecule has 1 atom stereocenters. The van der Waals surface area contributed by atoms with Crippen LogP contribution >= 0.6 is 11.8 Å². The Balaban J connectivity index is 2.34. The van der Waals surface area contributed by atoms with E-state index in [1.807, 2.05) is 18.7 Å². The molecule has 0 spiro atoms. The van der Waals surface area contributed by atoms with E-state index < -0.39 is 0 Å². The van der Waals surface area contributed by atoms with Crippen LogP contribution in [0.3, 0.4) is 0 Å². The van der Waals surface area contributed by atoms with Crippen molar-refractivity contribution in [1.82, 2.24) is 0 Å². The highest BCUT2D eigenvalue weighted by Crippen LogP contribution is 2.43. The lowest BCUT2D eigenvalue weighted by Crippen LogP contribution is -2.12. The molecule has 0 aromatic carbocycles. The first-order valence-corrected chi connectivity index (χ1v) is 5.18. The summed E-state index contributed by atoms with van der Waals surface area (Å²) in [7, 11) is 0. The van der Waals surface area contributed by atoms with E-state index in [4.69, 9.17) is 5.26 Å². The second-order valence-electron chi connectivity index (χ2n) is 3.57. The molecule has 1 unspecified atom stereocenters. The number of hydrogen-bond acceptors (Lipinski definition) is 2. The Labute approximate surface area is 77.1 Å². The van der Waals surface area contributed by atoms with Crippen molar-refractivity contribution in [3.05, 3.63) is 22.6 Å². The summed E-state index contributed by atoms with van der Waals surface area (Å²) in [6, 6.07) is 2.36. The van der Waals surface area contributed by atoms with Crippen LogP contribution < -0.4 is 0 Å². The van der Waals surface area contributed by atoms with Gasteiger partial charge >= 0.3 is 0 Å². The van der Waals surface area contributed by atoms with E-state index in [1.165, 1.54) is 16.2 Å². The zero-order valence-electron chi connectivity index (χ0n) is 7.13. The lowest BCUT2D eigenvalue weighted by Gasteiger charge is -2.20. The van der Waals surface area contributed by atoms with Gasteiger partial charge in [-0.1, -0.05) is 12.2 Å². The predicted molar refractivity (Wildman–Crippen MR) is 51.6 cm³/mol. The van der Waals surface area contributed by atoms with Crippen molar-refractivity contribution >= 4 is 11.8 Å². The molecule has 2 rings (SSSR count). The quantitative estimate of drug-likeness (QED) is 0.568. The summed E-state index contributed by atoms with van der Waals surface area (Å²) in [6.45, 7) is 2.01. The van der Waals surface area contributed by atoms with E-state index in [0.29, 0.717) is 0 Å². The van der Waals surface area contributed by atoms with Crippen LogP contribution in [0.1, 0.15) is 19.8 Å². The normalized spacial score (nSPS) is 33.3. The fourth-order valence-corrected chi connectivity index (χ4v) is 2.74. The van der Waals surface area contributed by atoms with Crippen molar-refractivity contribution in [2.24, 2.45) is 5.41 Å². The van der Waals surface area contributed by atoms with Crippen molar-refractivity contribution in [2.75, 3.05) is 5.75 Å². The molecule has 0 aromatic heterocycles. The van der Waals surface area contributed by atoms with Gasteiger partial charge in [0.05, 0.1) is 11.5 Å². The van der Waals surface area contributed by atoms with Gasteiger partial charge < -0.3 is 0 Å². The monoisotopic (exact) mass is 177 g/mol. The first-order chi connectivity index (χ1) is 5.73. The van der Waals surface area contributed by atoms with Gasteiger partial charge in [-0.05, 0) is 25.3 Å². The van der Waals surface area contributed by atoms with E-state index in [9.17, 15) is 0 Å². The van der Waals surface area contributed by atoms with E-state index >= 15 is 0 Å². The van der Waals surface area contributed by atoms with Crippen LogP contribution in [0.15, 0.2) is 22.6 Å². The Morgan fingerprint density at radius 3 is 3.25 bits per heavy atom. The molecular weight excluding hydrogens is 166 g/mol. The minimum absolute atomic E-state index is 0.232. The molecule has 1 saturated heterocycles. The van der Waals surface area contributed by atoms with Crippen LogP contribution in [-0.4, -0.2) is 5.75 Å². The lowest BCUT2D eigenvalue weighted by atomic mass is 9.82.